The Morgan fingerprint density at radius 3 is 2.62 bits per heavy atom. The van der Waals surface area contributed by atoms with Gasteiger partial charge >= 0.3 is 0 Å². The molecule has 0 radical (unpaired) electrons. The van der Waals surface area contributed by atoms with Gasteiger partial charge in [-0.25, -0.2) is 0 Å². The van der Waals surface area contributed by atoms with E-state index in [1.54, 1.807) is 0 Å². The molecule has 2 rings (SSSR count). The second-order valence-corrected chi connectivity index (χ2v) is 4.68. The summed E-state index contributed by atoms with van der Waals surface area (Å²) >= 11 is 13.7. The van der Waals surface area contributed by atoms with Gasteiger partial charge in [0, 0.05) is 3.57 Å². The van der Waals surface area contributed by atoms with E-state index in [1.807, 2.05) is 24.3 Å². The van der Waals surface area contributed by atoms with E-state index >= 15 is 0 Å². The summed E-state index contributed by atoms with van der Waals surface area (Å²) in [7, 11) is 0. The van der Waals surface area contributed by atoms with Crippen LogP contribution in [0.3, 0.4) is 0 Å². The lowest BCUT2D eigenvalue weighted by Gasteiger charge is -2.07. The molecule has 0 fully saturated rings. The van der Waals surface area contributed by atoms with E-state index in [1.165, 1.54) is 0 Å². The Kier molecular flexibility index (Phi) is 3.78. The number of rotatable bonds is 2. The van der Waals surface area contributed by atoms with Crippen molar-refractivity contribution in [1.82, 2.24) is 15.2 Å². The molecule has 0 aliphatic carbocycles. The van der Waals surface area contributed by atoms with Crippen molar-refractivity contribution in [2.45, 2.75) is 0 Å². The van der Waals surface area contributed by atoms with Gasteiger partial charge in [0.25, 0.3) is 0 Å². The van der Waals surface area contributed by atoms with Gasteiger partial charge in [-0.2, -0.15) is 4.98 Å². The number of nitrogens with zero attached hydrogens (tertiary/aromatic N) is 3. The highest BCUT2D eigenvalue weighted by atomic mass is 127. The van der Waals surface area contributed by atoms with E-state index in [2.05, 4.69) is 43.1 Å². The lowest BCUT2D eigenvalue weighted by Crippen LogP contribution is -1.99. The Labute approximate surface area is 116 Å². The number of para-hydroxylation sites is 1. The predicted octanol–water partition coefficient (Wildman–Crippen LogP) is 3.53. The predicted molar refractivity (Wildman–Crippen MR) is 72.3 cm³/mol. The minimum absolute atomic E-state index is 0.0536. The van der Waals surface area contributed by atoms with Crippen LogP contribution in [0.4, 0.5) is 11.5 Å². The lowest BCUT2D eigenvalue weighted by molar-refractivity contribution is 0.974. The molecule has 4 nitrogen and oxygen atoms in total. The number of anilines is 2. The molecule has 0 aliphatic rings. The van der Waals surface area contributed by atoms with Crippen molar-refractivity contribution in [2.75, 3.05) is 5.32 Å². The molecule has 0 spiro atoms. The quantitative estimate of drug-likeness (QED) is 0.826. The van der Waals surface area contributed by atoms with Crippen molar-refractivity contribution >= 4 is 57.3 Å². The Morgan fingerprint density at radius 1 is 1.12 bits per heavy atom. The Balaban J connectivity index is 2.34. The zero-order valence-corrected chi connectivity index (χ0v) is 11.5. The monoisotopic (exact) mass is 366 g/mol. The van der Waals surface area contributed by atoms with E-state index in [-0.39, 0.29) is 10.4 Å². The average Bonchev–Trinajstić information content (AvgIpc) is 2.27. The van der Waals surface area contributed by atoms with Gasteiger partial charge in [0.15, 0.2) is 11.0 Å². The lowest BCUT2D eigenvalue weighted by atomic mass is 10.3. The van der Waals surface area contributed by atoms with Crippen LogP contribution in [-0.2, 0) is 0 Å². The fraction of sp³-hybridized carbons (Fsp3) is 0. The van der Waals surface area contributed by atoms with Crippen molar-refractivity contribution in [1.29, 1.82) is 0 Å². The van der Waals surface area contributed by atoms with Crippen molar-refractivity contribution in [3.8, 4) is 0 Å². The summed E-state index contributed by atoms with van der Waals surface area (Å²) in [6, 6.07) is 7.73. The van der Waals surface area contributed by atoms with Crippen LogP contribution < -0.4 is 5.32 Å². The minimum atomic E-state index is 0.0536. The minimum Gasteiger partial charge on any atom is -0.337 e. The molecule has 0 saturated heterocycles. The molecule has 0 atom stereocenters. The van der Waals surface area contributed by atoms with Crippen molar-refractivity contribution in [3.63, 3.8) is 0 Å². The molecule has 0 bridgehead atoms. The van der Waals surface area contributed by atoms with Crippen LogP contribution in [-0.4, -0.2) is 15.2 Å². The highest BCUT2D eigenvalue weighted by Gasteiger charge is 2.07. The van der Waals surface area contributed by atoms with E-state index < -0.39 is 0 Å². The van der Waals surface area contributed by atoms with E-state index in [9.17, 15) is 0 Å². The third-order valence-electron chi connectivity index (χ3n) is 1.75. The molecule has 16 heavy (non-hydrogen) atoms. The first-order chi connectivity index (χ1) is 7.66. The van der Waals surface area contributed by atoms with Crippen LogP contribution in [0.25, 0.3) is 0 Å². The molecule has 0 saturated carbocycles. The largest absolute Gasteiger partial charge is 0.337 e. The van der Waals surface area contributed by atoms with Crippen LogP contribution in [0.1, 0.15) is 0 Å². The Hall–Kier alpha value is -0.660. The molecule has 7 heteroatoms. The van der Waals surface area contributed by atoms with Crippen LogP contribution in [0.5, 0.6) is 0 Å². The molecular weight excluding hydrogens is 362 g/mol. The first-order valence-corrected chi connectivity index (χ1v) is 6.07. The first-order valence-electron chi connectivity index (χ1n) is 4.24. The maximum atomic E-state index is 5.84. The molecular formula is C9H5Cl2IN4. The van der Waals surface area contributed by atoms with Crippen LogP contribution >= 0.6 is 45.8 Å². The molecule has 0 amide bonds. The van der Waals surface area contributed by atoms with Gasteiger partial charge in [-0.05, 0) is 46.3 Å². The van der Waals surface area contributed by atoms with Gasteiger partial charge in [-0.1, -0.05) is 23.7 Å². The average molecular weight is 367 g/mol. The maximum absolute atomic E-state index is 5.84. The fourth-order valence-corrected chi connectivity index (χ4v) is 1.83. The van der Waals surface area contributed by atoms with Crippen molar-refractivity contribution in [3.05, 3.63) is 38.3 Å². The van der Waals surface area contributed by atoms with Gasteiger partial charge in [0.05, 0.1) is 5.69 Å². The number of hydrogen-bond acceptors (Lipinski definition) is 4. The summed E-state index contributed by atoms with van der Waals surface area (Å²) in [6.45, 7) is 0. The SMILES string of the molecule is Clc1nnc(Cl)c(Nc2ccccc2I)n1. The molecule has 0 unspecified atom stereocenters. The smallest absolute Gasteiger partial charge is 0.245 e. The summed E-state index contributed by atoms with van der Waals surface area (Å²) < 4.78 is 1.05. The normalized spacial score (nSPS) is 10.2. The summed E-state index contributed by atoms with van der Waals surface area (Å²) in [5.74, 6) is 0.394. The summed E-state index contributed by atoms with van der Waals surface area (Å²) in [5.41, 5.74) is 0.890. The van der Waals surface area contributed by atoms with Gasteiger partial charge in [-0.3, -0.25) is 0 Å². The summed E-state index contributed by atoms with van der Waals surface area (Å²) in [5, 5.41) is 10.5. The second-order valence-electron chi connectivity index (χ2n) is 2.83. The fourth-order valence-electron chi connectivity index (χ4n) is 1.06. The van der Waals surface area contributed by atoms with Crippen LogP contribution in [0.2, 0.25) is 10.4 Å². The first kappa shape index (κ1) is 11.8. The van der Waals surface area contributed by atoms with Gasteiger partial charge < -0.3 is 5.32 Å². The zero-order chi connectivity index (χ0) is 11.5. The summed E-state index contributed by atoms with van der Waals surface area (Å²) in [6.07, 6.45) is 0. The second kappa shape index (κ2) is 5.11. The zero-order valence-electron chi connectivity index (χ0n) is 7.78. The van der Waals surface area contributed by atoms with Crippen molar-refractivity contribution < 1.29 is 0 Å². The van der Waals surface area contributed by atoms with E-state index in [0.717, 1.165) is 9.26 Å². The molecule has 1 heterocycles. The topological polar surface area (TPSA) is 50.7 Å². The maximum Gasteiger partial charge on any atom is 0.245 e. The Morgan fingerprint density at radius 2 is 1.88 bits per heavy atom. The molecule has 1 N–H and O–H groups in total. The number of aromatic nitrogens is 3. The van der Waals surface area contributed by atoms with Gasteiger partial charge in [0.1, 0.15) is 0 Å². The van der Waals surface area contributed by atoms with Gasteiger partial charge in [0.2, 0.25) is 5.28 Å². The number of benzene rings is 1. The molecule has 2 aromatic rings. The molecule has 1 aromatic heterocycles. The van der Waals surface area contributed by atoms with E-state index in [0.29, 0.717) is 5.82 Å². The number of nitrogens with one attached hydrogen (secondary N) is 1. The highest BCUT2D eigenvalue weighted by Crippen LogP contribution is 2.24. The molecule has 82 valence electrons. The third-order valence-corrected chi connectivity index (χ3v) is 3.10. The van der Waals surface area contributed by atoms with Crippen LogP contribution in [0, 0.1) is 3.57 Å². The van der Waals surface area contributed by atoms with E-state index in [4.69, 9.17) is 23.2 Å². The highest BCUT2D eigenvalue weighted by molar-refractivity contribution is 14.1. The van der Waals surface area contributed by atoms with Gasteiger partial charge in [-0.15, -0.1) is 10.2 Å². The number of halogens is 3. The summed E-state index contributed by atoms with van der Waals surface area (Å²) in [4.78, 5) is 3.95. The number of hydrogen-bond donors (Lipinski definition) is 1. The van der Waals surface area contributed by atoms with Crippen LogP contribution in [0.15, 0.2) is 24.3 Å². The molecule has 1 aromatic carbocycles. The molecule has 0 aliphatic heterocycles. The van der Waals surface area contributed by atoms with Crippen molar-refractivity contribution in [2.24, 2.45) is 0 Å². The third kappa shape index (κ3) is 2.72. The Bertz CT molecular complexity index is 521. The standard InChI is InChI=1S/C9H5Cl2IN4/c10-7-8(14-9(11)16-15-7)13-6-4-2-1-3-5(6)12/h1-4H,(H,13,14,16).